The number of benzene rings is 2. The van der Waals surface area contributed by atoms with Gasteiger partial charge in [0.05, 0.1) is 24.7 Å². The van der Waals surface area contributed by atoms with E-state index in [0.717, 1.165) is 12.1 Å². The van der Waals surface area contributed by atoms with Crippen LogP contribution in [0.2, 0.25) is 0 Å². The summed E-state index contributed by atoms with van der Waals surface area (Å²) in [4.78, 5) is 23.2. The number of esters is 1. The Hall–Kier alpha value is -3.03. The number of ether oxygens (including phenoxy) is 1. The minimum absolute atomic E-state index is 0.00126. The first-order valence-corrected chi connectivity index (χ1v) is 7.58. The van der Waals surface area contributed by atoms with Crippen molar-refractivity contribution in [1.29, 1.82) is 0 Å². The van der Waals surface area contributed by atoms with Gasteiger partial charge in [-0.1, -0.05) is 18.2 Å². The van der Waals surface area contributed by atoms with Crippen LogP contribution in [0.4, 0.5) is 13.2 Å². The van der Waals surface area contributed by atoms with Crippen molar-refractivity contribution < 1.29 is 32.6 Å². The first-order chi connectivity index (χ1) is 12.2. The Morgan fingerprint density at radius 1 is 1.12 bits per heavy atom. The number of carbonyl (C=O) groups is 2. The predicted octanol–water partition coefficient (Wildman–Crippen LogP) is 3.37. The van der Waals surface area contributed by atoms with E-state index >= 15 is 0 Å². The minimum atomic E-state index is -4.49. The van der Waals surface area contributed by atoms with Gasteiger partial charge in [0, 0.05) is 6.54 Å². The van der Waals surface area contributed by atoms with Crippen molar-refractivity contribution in [3.8, 4) is 16.9 Å². The van der Waals surface area contributed by atoms with Crippen LogP contribution in [0.15, 0.2) is 42.5 Å². The summed E-state index contributed by atoms with van der Waals surface area (Å²) in [6.45, 7) is -0.00126. The lowest BCUT2D eigenvalue weighted by Crippen LogP contribution is -2.26. The predicted molar refractivity (Wildman–Crippen MR) is 87.5 cm³/mol. The monoisotopic (exact) mass is 367 g/mol. The second-order valence-electron chi connectivity index (χ2n) is 5.39. The molecule has 2 aromatic carbocycles. The van der Waals surface area contributed by atoms with Gasteiger partial charge < -0.3 is 15.2 Å². The highest BCUT2D eigenvalue weighted by molar-refractivity contribution is 5.98. The molecule has 0 aliphatic rings. The van der Waals surface area contributed by atoms with Gasteiger partial charge in [0.15, 0.2) is 0 Å². The van der Waals surface area contributed by atoms with Crippen LogP contribution < -0.4 is 5.32 Å². The number of hydrogen-bond acceptors (Lipinski definition) is 4. The van der Waals surface area contributed by atoms with E-state index in [1.54, 1.807) is 0 Å². The van der Waals surface area contributed by atoms with Crippen molar-refractivity contribution in [3.63, 3.8) is 0 Å². The zero-order valence-corrected chi connectivity index (χ0v) is 13.8. The molecule has 0 fully saturated rings. The Labute approximate surface area is 147 Å². The Morgan fingerprint density at radius 2 is 1.81 bits per heavy atom. The molecular formula is C18H16F3NO4. The zero-order chi connectivity index (χ0) is 19.3. The second kappa shape index (κ2) is 7.90. The van der Waals surface area contributed by atoms with E-state index in [4.69, 9.17) is 0 Å². The Morgan fingerprint density at radius 3 is 2.46 bits per heavy atom. The molecule has 0 radical (unpaired) electrons. The highest BCUT2D eigenvalue weighted by Gasteiger charge is 2.30. The Balaban J connectivity index is 2.24. The number of nitrogens with one attached hydrogen (secondary N) is 1. The number of phenols is 1. The average Bonchev–Trinajstić information content (AvgIpc) is 2.61. The van der Waals surface area contributed by atoms with E-state index in [1.807, 2.05) is 0 Å². The normalized spacial score (nSPS) is 11.1. The van der Waals surface area contributed by atoms with Gasteiger partial charge in [0.1, 0.15) is 5.75 Å². The fourth-order valence-corrected chi connectivity index (χ4v) is 2.25. The van der Waals surface area contributed by atoms with E-state index in [0.29, 0.717) is 5.56 Å². The molecule has 0 heterocycles. The van der Waals surface area contributed by atoms with Gasteiger partial charge in [-0.25, -0.2) is 0 Å². The van der Waals surface area contributed by atoms with Crippen LogP contribution in [-0.4, -0.2) is 30.6 Å². The first kappa shape index (κ1) is 19.3. The lowest BCUT2D eigenvalue weighted by molar-refractivity contribution is -0.140. The van der Waals surface area contributed by atoms with Gasteiger partial charge >= 0.3 is 12.1 Å². The SMILES string of the molecule is COC(=O)CCNC(=O)c1cc(-c2cccc(C(F)(F)F)c2)ccc1O. The smallest absolute Gasteiger partial charge is 0.416 e. The molecule has 5 nitrogen and oxygen atoms in total. The third-order valence-corrected chi connectivity index (χ3v) is 3.61. The molecule has 0 saturated heterocycles. The number of methoxy groups -OCH3 is 1. The number of phenolic OH excluding ortho intramolecular Hbond substituents is 1. The summed E-state index contributed by atoms with van der Waals surface area (Å²) < 4.78 is 43.0. The van der Waals surface area contributed by atoms with E-state index in [1.165, 1.54) is 37.4 Å². The molecule has 0 saturated carbocycles. The van der Waals surface area contributed by atoms with Gasteiger partial charge in [-0.15, -0.1) is 0 Å². The lowest BCUT2D eigenvalue weighted by Gasteiger charge is -2.11. The Bertz CT molecular complexity index is 818. The van der Waals surface area contributed by atoms with Crippen molar-refractivity contribution in [2.45, 2.75) is 12.6 Å². The minimum Gasteiger partial charge on any atom is -0.507 e. The molecule has 2 rings (SSSR count). The number of carbonyl (C=O) groups excluding carboxylic acids is 2. The molecule has 0 unspecified atom stereocenters. The van der Waals surface area contributed by atoms with Gasteiger partial charge in [-0.05, 0) is 35.4 Å². The lowest BCUT2D eigenvalue weighted by atomic mass is 10.00. The largest absolute Gasteiger partial charge is 0.507 e. The van der Waals surface area contributed by atoms with Gasteiger partial charge in [-0.2, -0.15) is 13.2 Å². The molecule has 2 N–H and O–H groups in total. The number of rotatable bonds is 5. The molecule has 1 amide bonds. The van der Waals surface area contributed by atoms with Gasteiger partial charge in [-0.3, -0.25) is 9.59 Å². The van der Waals surface area contributed by atoms with Crippen LogP contribution in [0.1, 0.15) is 22.3 Å². The first-order valence-electron chi connectivity index (χ1n) is 7.58. The summed E-state index contributed by atoms with van der Waals surface area (Å²) in [5, 5.41) is 12.3. The number of hydrogen-bond donors (Lipinski definition) is 2. The number of amides is 1. The summed E-state index contributed by atoms with van der Waals surface area (Å²) in [5.74, 6) is -1.48. The molecule has 0 aliphatic carbocycles. The summed E-state index contributed by atoms with van der Waals surface area (Å²) >= 11 is 0. The second-order valence-corrected chi connectivity index (χ2v) is 5.39. The number of aromatic hydroxyl groups is 1. The highest BCUT2D eigenvalue weighted by atomic mass is 19.4. The van der Waals surface area contributed by atoms with Crippen molar-refractivity contribution in [2.75, 3.05) is 13.7 Å². The molecule has 2 aromatic rings. The molecule has 0 spiro atoms. The summed E-state index contributed by atoms with van der Waals surface area (Å²) in [6, 6.07) is 8.58. The molecule has 8 heteroatoms. The maximum absolute atomic E-state index is 12.8. The molecular weight excluding hydrogens is 351 g/mol. The zero-order valence-electron chi connectivity index (χ0n) is 13.8. The van der Waals surface area contributed by atoms with Crippen LogP contribution in [-0.2, 0) is 15.7 Å². The van der Waals surface area contributed by atoms with E-state index in [2.05, 4.69) is 10.1 Å². The van der Waals surface area contributed by atoms with Crippen LogP contribution in [0.3, 0.4) is 0 Å². The molecule has 0 aromatic heterocycles. The fourth-order valence-electron chi connectivity index (χ4n) is 2.25. The highest BCUT2D eigenvalue weighted by Crippen LogP contribution is 2.33. The van der Waals surface area contributed by atoms with Crippen molar-refractivity contribution in [3.05, 3.63) is 53.6 Å². The standard InChI is InChI=1S/C18H16F3NO4/c1-26-16(24)7-8-22-17(25)14-10-12(5-6-15(14)23)11-3-2-4-13(9-11)18(19,20)21/h2-6,9-10,23H,7-8H2,1H3,(H,22,25). The maximum Gasteiger partial charge on any atom is 0.416 e. The van der Waals surface area contributed by atoms with Crippen LogP contribution >= 0.6 is 0 Å². The third-order valence-electron chi connectivity index (χ3n) is 3.61. The third kappa shape index (κ3) is 4.75. The Kier molecular flexibility index (Phi) is 5.86. The van der Waals surface area contributed by atoms with E-state index in [-0.39, 0.29) is 29.8 Å². The summed E-state index contributed by atoms with van der Waals surface area (Å²) in [6.07, 6.45) is -4.53. The fraction of sp³-hybridized carbons (Fsp3) is 0.222. The average molecular weight is 367 g/mol. The van der Waals surface area contributed by atoms with Crippen LogP contribution in [0.5, 0.6) is 5.75 Å². The van der Waals surface area contributed by atoms with Crippen molar-refractivity contribution in [1.82, 2.24) is 5.32 Å². The summed E-state index contributed by atoms with van der Waals surface area (Å²) in [5.41, 5.74) is -0.326. The van der Waals surface area contributed by atoms with Crippen LogP contribution in [0.25, 0.3) is 11.1 Å². The quantitative estimate of drug-likeness (QED) is 0.795. The topological polar surface area (TPSA) is 75.6 Å². The van der Waals surface area contributed by atoms with Crippen LogP contribution in [0, 0.1) is 0 Å². The molecule has 0 bridgehead atoms. The van der Waals surface area contributed by atoms with Crippen molar-refractivity contribution >= 4 is 11.9 Å². The number of halogens is 3. The van der Waals surface area contributed by atoms with E-state index < -0.39 is 23.6 Å². The van der Waals surface area contributed by atoms with Crippen molar-refractivity contribution in [2.24, 2.45) is 0 Å². The molecule has 0 atom stereocenters. The van der Waals surface area contributed by atoms with E-state index in [9.17, 15) is 27.9 Å². The summed E-state index contributed by atoms with van der Waals surface area (Å²) in [7, 11) is 1.22. The molecule has 26 heavy (non-hydrogen) atoms. The van der Waals surface area contributed by atoms with Gasteiger partial charge in [0.2, 0.25) is 0 Å². The van der Waals surface area contributed by atoms with Gasteiger partial charge in [0.25, 0.3) is 5.91 Å². The molecule has 0 aliphatic heterocycles. The molecule has 138 valence electrons. The number of alkyl halides is 3. The maximum atomic E-state index is 12.8.